The number of hydrogen-bond acceptors (Lipinski definition) is 5. The van der Waals surface area contributed by atoms with E-state index in [4.69, 9.17) is 9.47 Å². The van der Waals surface area contributed by atoms with Gasteiger partial charge in [0.15, 0.2) is 6.61 Å². The lowest BCUT2D eigenvalue weighted by atomic mass is 10.2. The summed E-state index contributed by atoms with van der Waals surface area (Å²) in [5.41, 5.74) is 1.26. The molecule has 2 aromatic carbocycles. The SMILES string of the molecule is COc1cccc(NC(=O)COc2ccc(C(=O)N3CCCNCC3)cc2)c1.Cl. The van der Waals surface area contributed by atoms with Crippen molar-refractivity contribution in [3.8, 4) is 11.5 Å². The van der Waals surface area contributed by atoms with Gasteiger partial charge >= 0.3 is 0 Å². The van der Waals surface area contributed by atoms with Crippen molar-refractivity contribution >= 4 is 29.9 Å². The van der Waals surface area contributed by atoms with Gasteiger partial charge < -0.3 is 25.0 Å². The summed E-state index contributed by atoms with van der Waals surface area (Å²) in [6, 6.07) is 14.0. The predicted molar refractivity (Wildman–Crippen MR) is 114 cm³/mol. The van der Waals surface area contributed by atoms with E-state index in [1.165, 1.54) is 0 Å². The van der Waals surface area contributed by atoms with Crippen LogP contribution in [0.2, 0.25) is 0 Å². The Labute approximate surface area is 176 Å². The van der Waals surface area contributed by atoms with E-state index in [2.05, 4.69) is 10.6 Å². The molecule has 1 fully saturated rings. The molecule has 7 nitrogen and oxygen atoms in total. The molecule has 0 unspecified atom stereocenters. The Balaban J connectivity index is 0.00000300. The van der Waals surface area contributed by atoms with Gasteiger partial charge in [-0.15, -0.1) is 12.4 Å². The van der Waals surface area contributed by atoms with Crippen molar-refractivity contribution in [3.05, 3.63) is 54.1 Å². The first-order chi connectivity index (χ1) is 13.7. The summed E-state index contributed by atoms with van der Waals surface area (Å²) in [5.74, 6) is 0.950. The molecule has 0 atom stereocenters. The molecule has 1 aliphatic heterocycles. The third-order valence-electron chi connectivity index (χ3n) is 4.45. The van der Waals surface area contributed by atoms with Crippen molar-refractivity contribution in [2.45, 2.75) is 6.42 Å². The average Bonchev–Trinajstić information content (AvgIpc) is 3.02. The molecule has 1 heterocycles. The van der Waals surface area contributed by atoms with Gasteiger partial charge in [0.05, 0.1) is 7.11 Å². The van der Waals surface area contributed by atoms with Crippen LogP contribution in [0.3, 0.4) is 0 Å². The van der Waals surface area contributed by atoms with Crippen LogP contribution in [-0.2, 0) is 4.79 Å². The standard InChI is InChI=1S/C21H25N3O4.ClH/c1-27-19-5-2-4-17(14-19)23-20(25)15-28-18-8-6-16(7-9-18)21(26)24-12-3-10-22-11-13-24;/h2,4-9,14,22H,3,10-13,15H2,1H3,(H,23,25);1H. The van der Waals surface area contributed by atoms with Crippen LogP contribution in [0, 0.1) is 0 Å². The molecule has 0 aliphatic carbocycles. The van der Waals surface area contributed by atoms with E-state index in [-0.39, 0.29) is 30.8 Å². The third kappa shape index (κ3) is 6.66. The number of nitrogens with one attached hydrogen (secondary N) is 2. The summed E-state index contributed by atoms with van der Waals surface area (Å²) >= 11 is 0. The fraction of sp³-hybridized carbons (Fsp3) is 0.333. The van der Waals surface area contributed by atoms with E-state index < -0.39 is 0 Å². The lowest BCUT2D eigenvalue weighted by molar-refractivity contribution is -0.118. The molecule has 1 saturated heterocycles. The lowest BCUT2D eigenvalue weighted by Gasteiger charge is -2.20. The largest absolute Gasteiger partial charge is 0.497 e. The van der Waals surface area contributed by atoms with Crippen LogP contribution in [0.25, 0.3) is 0 Å². The van der Waals surface area contributed by atoms with E-state index in [9.17, 15) is 9.59 Å². The van der Waals surface area contributed by atoms with Crippen molar-refractivity contribution in [1.29, 1.82) is 0 Å². The Morgan fingerprint density at radius 3 is 2.62 bits per heavy atom. The minimum Gasteiger partial charge on any atom is -0.497 e. The summed E-state index contributed by atoms with van der Waals surface area (Å²) in [7, 11) is 1.57. The van der Waals surface area contributed by atoms with E-state index in [0.717, 1.165) is 26.1 Å². The molecule has 0 radical (unpaired) electrons. The van der Waals surface area contributed by atoms with Gasteiger partial charge in [-0.3, -0.25) is 9.59 Å². The van der Waals surface area contributed by atoms with E-state index in [1.807, 2.05) is 4.90 Å². The minimum absolute atomic E-state index is 0. The second-order valence-corrected chi connectivity index (χ2v) is 6.49. The summed E-state index contributed by atoms with van der Waals surface area (Å²) < 4.78 is 10.6. The van der Waals surface area contributed by atoms with E-state index in [1.54, 1.807) is 55.6 Å². The van der Waals surface area contributed by atoms with Crippen molar-refractivity contribution in [1.82, 2.24) is 10.2 Å². The normalized spacial score (nSPS) is 13.6. The minimum atomic E-state index is -0.273. The number of nitrogens with zero attached hydrogens (tertiary/aromatic N) is 1. The quantitative estimate of drug-likeness (QED) is 0.752. The molecule has 0 aromatic heterocycles. The van der Waals surface area contributed by atoms with Gasteiger partial charge in [-0.05, 0) is 49.4 Å². The Hall–Kier alpha value is -2.77. The van der Waals surface area contributed by atoms with Gasteiger partial charge in [0.2, 0.25) is 0 Å². The summed E-state index contributed by atoms with van der Waals surface area (Å²) in [5, 5.41) is 6.04. The molecule has 1 aliphatic rings. The number of carbonyl (C=O) groups is 2. The van der Waals surface area contributed by atoms with Crippen LogP contribution in [-0.4, -0.2) is 56.6 Å². The highest BCUT2D eigenvalue weighted by molar-refractivity contribution is 5.94. The summed E-state index contributed by atoms with van der Waals surface area (Å²) in [4.78, 5) is 26.5. The monoisotopic (exact) mass is 419 g/mol. The smallest absolute Gasteiger partial charge is 0.262 e. The first-order valence-corrected chi connectivity index (χ1v) is 9.32. The van der Waals surface area contributed by atoms with Crippen LogP contribution in [0.5, 0.6) is 11.5 Å². The first kappa shape index (κ1) is 22.5. The Kier molecular flexibility index (Phi) is 8.76. The summed E-state index contributed by atoms with van der Waals surface area (Å²) in [6.45, 7) is 3.10. The maximum absolute atomic E-state index is 12.6. The Bertz CT molecular complexity index is 806. The second-order valence-electron chi connectivity index (χ2n) is 6.49. The van der Waals surface area contributed by atoms with Gasteiger partial charge in [0, 0.05) is 37.0 Å². The predicted octanol–water partition coefficient (Wildman–Crippen LogP) is 2.57. The van der Waals surface area contributed by atoms with Crippen molar-refractivity contribution in [3.63, 3.8) is 0 Å². The number of amides is 2. The van der Waals surface area contributed by atoms with Gasteiger partial charge in [-0.2, -0.15) is 0 Å². The molecule has 0 bridgehead atoms. The Morgan fingerprint density at radius 1 is 1.07 bits per heavy atom. The highest BCUT2D eigenvalue weighted by Gasteiger charge is 2.17. The molecule has 0 saturated carbocycles. The highest BCUT2D eigenvalue weighted by Crippen LogP contribution is 2.17. The molecule has 2 N–H and O–H groups in total. The molecule has 156 valence electrons. The van der Waals surface area contributed by atoms with Gasteiger partial charge in [-0.25, -0.2) is 0 Å². The number of halogens is 1. The fourth-order valence-electron chi connectivity index (χ4n) is 2.97. The zero-order valence-corrected chi connectivity index (χ0v) is 17.2. The molecule has 2 aromatic rings. The zero-order valence-electron chi connectivity index (χ0n) is 16.3. The third-order valence-corrected chi connectivity index (χ3v) is 4.45. The number of methoxy groups -OCH3 is 1. The zero-order chi connectivity index (χ0) is 19.8. The Morgan fingerprint density at radius 2 is 1.86 bits per heavy atom. The molecule has 8 heteroatoms. The van der Waals surface area contributed by atoms with Gasteiger partial charge in [0.1, 0.15) is 11.5 Å². The fourth-order valence-corrected chi connectivity index (χ4v) is 2.97. The van der Waals surface area contributed by atoms with E-state index in [0.29, 0.717) is 29.3 Å². The highest BCUT2D eigenvalue weighted by atomic mass is 35.5. The van der Waals surface area contributed by atoms with Crippen molar-refractivity contribution < 1.29 is 19.1 Å². The second kappa shape index (κ2) is 11.3. The van der Waals surface area contributed by atoms with Gasteiger partial charge in [0.25, 0.3) is 11.8 Å². The van der Waals surface area contributed by atoms with E-state index >= 15 is 0 Å². The molecular weight excluding hydrogens is 394 g/mol. The maximum Gasteiger partial charge on any atom is 0.262 e. The van der Waals surface area contributed by atoms with Crippen LogP contribution in [0.15, 0.2) is 48.5 Å². The topological polar surface area (TPSA) is 79.9 Å². The molecular formula is C21H26ClN3O4. The van der Waals surface area contributed by atoms with Crippen molar-refractivity contribution in [2.24, 2.45) is 0 Å². The van der Waals surface area contributed by atoms with Gasteiger partial charge in [-0.1, -0.05) is 6.07 Å². The number of hydrogen-bond donors (Lipinski definition) is 2. The van der Waals surface area contributed by atoms with Crippen molar-refractivity contribution in [2.75, 3.05) is 45.2 Å². The number of anilines is 1. The number of ether oxygens (including phenoxy) is 2. The number of carbonyl (C=O) groups excluding carboxylic acids is 2. The first-order valence-electron chi connectivity index (χ1n) is 9.32. The molecule has 2 amide bonds. The maximum atomic E-state index is 12.6. The molecule has 3 rings (SSSR count). The van der Waals surface area contributed by atoms with Crippen LogP contribution < -0.4 is 20.1 Å². The van der Waals surface area contributed by atoms with Crippen LogP contribution >= 0.6 is 12.4 Å². The number of rotatable bonds is 6. The average molecular weight is 420 g/mol. The summed E-state index contributed by atoms with van der Waals surface area (Å²) in [6.07, 6.45) is 0.954. The number of benzene rings is 2. The van der Waals surface area contributed by atoms with Crippen LogP contribution in [0.1, 0.15) is 16.8 Å². The lowest BCUT2D eigenvalue weighted by Crippen LogP contribution is -2.34. The molecule has 29 heavy (non-hydrogen) atoms. The molecule has 0 spiro atoms. The van der Waals surface area contributed by atoms with Crippen LogP contribution in [0.4, 0.5) is 5.69 Å².